The van der Waals surface area contributed by atoms with E-state index in [1.807, 2.05) is 6.92 Å². The molecule has 13 heteroatoms. The lowest BCUT2D eigenvalue weighted by Crippen LogP contribution is -2.63. The number of esters is 1. The highest BCUT2D eigenvalue weighted by atomic mass is 16.7. The lowest BCUT2D eigenvalue weighted by molar-refractivity contribution is -0.327. The zero-order chi connectivity index (χ0) is 32.7. The van der Waals surface area contributed by atoms with Crippen molar-refractivity contribution in [3.05, 3.63) is 12.2 Å². The van der Waals surface area contributed by atoms with Gasteiger partial charge in [0.05, 0.1) is 24.2 Å². The number of aliphatic hydroxyl groups is 8. The van der Waals surface area contributed by atoms with E-state index < -0.39 is 91.6 Å². The molecule has 0 aromatic heterocycles. The largest absolute Gasteiger partial charge is 0.432 e. The van der Waals surface area contributed by atoms with Crippen LogP contribution in [-0.4, -0.2) is 127 Å². The van der Waals surface area contributed by atoms with Crippen molar-refractivity contribution in [2.75, 3.05) is 13.2 Å². The Hall–Kier alpha value is -1.23. The predicted octanol–water partition coefficient (Wildman–Crippen LogP) is -0.762. The Morgan fingerprint density at radius 3 is 2.00 bits per heavy atom. The number of aliphatic hydroxyl groups excluding tert-OH is 8. The van der Waals surface area contributed by atoms with Crippen LogP contribution in [0.3, 0.4) is 0 Å². The van der Waals surface area contributed by atoms with Crippen molar-refractivity contribution in [1.29, 1.82) is 0 Å². The molecule has 16 atom stereocenters. The number of fused-ring (bicyclic) bond motifs is 3. The van der Waals surface area contributed by atoms with E-state index in [1.165, 1.54) is 0 Å². The van der Waals surface area contributed by atoms with Gasteiger partial charge in [0.25, 0.3) is 0 Å². The van der Waals surface area contributed by atoms with Crippen LogP contribution in [0.25, 0.3) is 0 Å². The molecule has 4 saturated carbocycles. The molecule has 0 aromatic rings. The number of carbonyl (C=O) groups excluding carboxylic acids is 1. The lowest BCUT2D eigenvalue weighted by atomic mass is 9.41. The Morgan fingerprint density at radius 2 is 1.38 bits per heavy atom. The molecule has 1 spiro atoms. The van der Waals surface area contributed by atoms with Crippen LogP contribution in [0.1, 0.15) is 71.6 Å². The first-order valence-corrected chi connectivity index (χ1v) is 16.3. The molecule has 8 N–H and O–H groups in total. The molecule has 2 bridgehead atoms. The monoisotopic (exact) mass is 642 g/mol. The van der Waals surface area contributed by atoms with E-state index >= 15 is 0 Å². The minimum atomic E-state index is -1.67. The summed E-state index contributed by atoms with van der Waals surface area (Å²) in [5.74, 6) is -0.348. The fourth-order valence-electron chi connectivity index (χ4n) is 10.5. The van der Waals surface area contributed by atoms with Gasteiger partial charge in [-0.2, -0.15) is 0 Å². The third kappa shape index (κ3) is 5.04. The molecule has 0 unspecified atom stereocenters. The zero-order valence-corrected chi connectivity index (χ0v) is 26.0. The van der Waals surface area contributed by atoms with Crippen LogP contribution in [0.2, 0.25) is 0 Å². The van der Waals surface area contributed by atoms with Gasteiger partial charge in [-0.3, -0.25) is 4.79 Å². The van der Waals surface area contributed by atoms with Gasteiger partial charge in [-0.15, -0.1) is 0 Å². The molecule has 2 heterocycles. The van der Waals surface area contributed by atoms with Crippen LogP contribution in [0, 0.1) is 28.1 Å². The maximum Gasteiger partial charge on any atom is 0.314 e. The quantitative estimate of drug-likeness (QED) is 0.102. The average Bonchev–Trinajstić information content (AvgIpc) is 3.20. The molecule has 6 fully saturated rings. The van der Waals surface area contributed by atoms with E-state index in [0.717, 1.165) is 37.7 Å². The molecule has 4 aliphatic carbocycles. The maximum absolute atomic E-state index is 13.9. The lowest BCUT2D eigenvalue weighted by Gasteiger charge is -2.64. The van der Waals surface area contributed by atoms with Gasteiger partial charge in [0.2, 0.25) is 6.29 Å². The van der Waals surface area contributed by atoms with E-state index in [0.29, 0.717) is 25.7 Å². The van der Waals surface area contributed by atoms with Gasteiger partial charge >= 0.3 is 5.97 Å². The predicted molar refractivity (Wildman–Crippen MR) is 154 cm³/mol. The summed E-state index contributed by atoms with van der Waals surface area (Å²) in [6.07, 6.45) is -7.82. The SMILES string of the molecule is C=C1C[C@]23CC[C@@H]4[C@](C)(CCC[C@]4(C)C(=O)O[C@@H]4O[C@H](CO)[C@@H](O)[C@H](O)[C@H]4O)[C@H]2CC[C@]1(O[C@@H]1O[C@H](CO)[C@@H](O)[C@H](O)[C@H]1O)C3. The van der Waals surface area contributed by atoms with E-state index in [1.54, 1.807) is 0 Å². The molecule has 0 amide bonds. The third-order valence-corrected chi connectivity index (χ3v) is 12.9. The van der Waals surface area contributed by atoms with Crippen LogP contribution >= 0.6 is 0 Å². The summed E-state index contributed by atoms with van der Waals surface area (Å²) in [6.45, 7) is 7.41. The molecule has 0 aromatic carbocycles. The molecule has 6 rings (SSSR count). The van der Waals surface area contributed by atoms with Crippen LogP contribution < -0.4 is 0 Å². The fraction of sp³-hybridized carbons (Fsp3) is 0.906. The van der Waals surface area contributed by atoms with Crippen molar-refractivity contribution in [2.45, 2.75) is 139 Å². The Kier molecular flexibility index (Phi) is 8.77. The maximum atomic E-state index is 13.9. The Labute approximate surface area is 262 Å². The van der Waals surface area contributed by atoms with Gasteiger partial charge in [0.15, 0.2) is 6.29 Å². The molecule has 0 radical (unpaired) electrons. The van der Waals surface area contributed by atoms with Crippen molar-refractivity contribution in [2.24, 2.45) is 28.1 Å². The van der Waals surface area contributed by atoms with Crippen molar-refractivity contribution < 1.29 is 64.6 Å². The first-order chi connectivity index (χ1) is 21.2. The average molecular weight is 643 g/mol. The Bertz CT molecular complexity index is 1150. The topological polar surface area (TPSA) is 216 Å². The van der Waals surface area contributed by atoms with Gasteiger partial charge < -0.3 is 59.8 Å². The van der Waals surface area contributed by atoms with E-state index in [-0.39, 0.29) is 22.7 Å². The van der Waals surface area contributed by atoms with Gasteiger partial charge in [-0.1, -0.05) is 19.9 Å². The minimum Gasteiger partial charge on any atom is -0.432 e. The second kappa shape index (κ2) is 11.7. The zero-order valence-electron chi connectivity index (χ0n) is 26.0. The second-order valence-electron chi connectivity index (χ2n) is 15.2. The van der Waals surface area contributed by atoms with Crippen molar-refractivity contribution in [3.8, 4) is 0 Å². The van der Waals surface area contributed by atoms with Gasteiger partial charge in [0, 0.05) is 0 Å². The summed E-state index contributed by atoms with van der Waals surface area (Å²) < 4.78 is 23.4. The van der Waals surface area contributed by atoms with Crippen molar-refractivity contribution in [3.63, 3.8) is 0 Å². The van der Waals surface area contributed by atoms with Gasteiger partial charge in [-0.25, -0.2) is 0 Å². The summed E-state index contributed by atoms with van der Waals surface area (Å²) >= 11 is 0. The van der Waals surface area contributed by atoms with Crippen LogP contribution in [0.5, 0.6) is 0 Å². The van der Waals surface area contributed by atoms with Crippen molar-refractivity contribution >= 4 is 5.97 Å². The number of carbonyl (C=O) groups is 1. The van der Waals surface area contributed by atoms with Crippen molar-refractivity contribution in [1.82, 2.24) is 0 Å². The number of hydrogen-bond acceptors (Lipinski definition) is 13. The Balaban J connectivity index is 1.20. The van der Waals surface area contributed by atoms with E-state index in [9.17, 15) is 45.6 Å². The molecule has 2 saturated heterocycles. The van der Waals surface area contributed by atoms with Gasteiger partial charge in [0.1, 0.15) is 48.8 Å². The molecule has 45 heavy (non-hydrogen) atoms. The minimum absolute atomic E-state index is 0.0421. The highest BCUT2D eigenvalue weighted by molar-refractivity contribution is 5.77. The molecule has 256 valence electrons. The third-order valence-electron chi connectivity index (χ3n) is 12.9. The first kappa shape index (κ1) is 33.7. The number of ether oxygens (including phenoxy) is 4. The van der Waals surface area contributed by atoms with Crippen LogP contribution in [0.4, 0.5) is 0 Å². The van der Waals surface area contributed by atoms with Crippen LogP contribution in [-0.2, 0) is 23.7 Å². The summed E-state index contributed by atoms with van der Waals surface area (Å²) in [5.41, 5.74) is -1.20. The Morgan fingerprint density at radius 1 is 0.800 bits per heavy atom. The summed E-state index contributed by atoms with van der Waals surface area (Å²) in [7, 11) is 0. The number of hydrogen-bond donors (Lipinski definition) is 8. The van der Waals surface area contributed by atoms with Crippen LogP contribution in [0.15, 0.2) is 12.2 Å². The first-order valence-electron chi connectivity index (χ1n) is 16.3. The van der Waals surface area contributed by atoms with E-state index in [4.69, 9.17) is 18.9 Å². The summed E-state index contributed by atoms with van der Waals surface area (Å²) in [5, 5.41) is 81.4. The molecule has 2 aliphatic heterocycles. The highest BCUT2D eigenvalue weighted by Crippen LogP contribution is 2.73. The molecular formula is C32H50O13. The van der Waals surface area contributed by atoms with Gasteiger partial charge in [-0.05, 0) is 86.5 Å². The normalized spacial score (nSPS) is 54.7. The highest BCUT2D eigenvalue weighted by Gasteiger charge is 2.69. The molecule has 13 nitrogen and oxygen atoms in total. The summed E-state index contributed by atoms with van der Waals surface area (Å²) in [6, 6.07) is 0. The molecular weight excluding hydrogens is 592 g/mol. The van der Waals surface area contributed by atoms with E-state index in [2.05, 4.69) is 13.5 Å². The fourth-order valence-corrected chi connectivity index (χ4v) is 10.5. The second-order valence-corrected chi connectivity index (χ2v) is 15.2. The summed E-state index contributed by atoms with van der Waals surface area (Å²) in [4.78, 5) is 13.9. The smallest absolute Gasteiger partial charge is 0.314 e. The number of rotatable bonds is 6. The standard InChI is InChI=1S/C32H50O13/c1-15-11-31-9-5-18-29(2,7-4-8-30(18,3)28(41)44-26-24(39)22(37)20(35)16(12-33)42-26)19(31)6-10-32(15,14-31)45-27-25(40)23(38)21(36)17(13-34)43-27/h16-27,33-40H,1,4-14H2,2-3H3/t16-,17-,18-,19-,20-,21-,22+,23+,24-,25-,26+,27+,29+,30+,31+,32+/m1/s1. The molecule has 6 aliphatic rings.